The molecule has 0 radical (unpaired) electrons. The summed E-state index contributed by atoms with van der Waals surface area (Å²) in [6.45, 7) is 11.2. The van der Waals surface area contributed by atoms with E-state index < -0.39 is 17.2 Å². The summed E-state index contributed by atoms with van der Waals surface area (Å²) in [5.41, 5.74) is 1.38. The van der Waals surface area contributed by atoms with Crippen LogP contribution in [-0.2, 0) is 11.1 Å². The first-order valence-corrected chi connectivity index (χ1v) is 9.03. The average molecular weight is 314 g/mol. The molecule has 4 heteroatoms. The standard InChI is InChI=1S/C17H30O3S/c1-6-12(3)10-14(17(4,5)7-2)13-8-9-16(21(19)20)15(18)11-13/h8-9,12,14-15,18H,6-7,10-11H2,1-5H3,(H,19,20). The Morgan fingerprint density at radius 3 is 2.43 bits per heavy atom. The normalized spacial score (nSPS) is 24.0. The van der Waals surface area contributed by atoms with Gasteiger partial charge < -0.3 is 9.66 Å². The Morgan fingerprint density at radius 2 is 2.00 bits per heavy atom. The van der Waals surface area contributed by atoms with Gasteiger partial charge in [0.1, 0.15) is 0 Å². The molecule has 0 amide bonds. The zero-order valence-corrected chi connectivity index (χ0v) is 14.7. The topological polar surface area (TPSA) is 57.5 Å². The molecule has 1 aliphatic carbocycles. The molecule has 3 nitrogen and oxygen atoms in total. The van der Waals surface area contributed by atoms with Crippen LogP contribution in [0.2, 0.25) is 0 Å². The van der Waals surface area contributed by atoms with Gasteiger partial charge in [-0.3, -0.25) is 0 Å². The molecular formula is C17H30O3S. The Kier molecular flexibility index (Phi) is 6.82. The van der Waals surface area contributed by atoms with Crippen LogP contribution in [-0.4, -0.2) is 20.0 Å². The molecule has 4 atom stereocenters. The molecule has 122 valence electrons. The molecule has 0 bridgehead atoms. The molecule has 4 unspecified atom stereocenters. The minimum absolute atomic E-state index is 0.165. The van der Waals surface area contributed by atoms with Gasteiger partial charge in [-0.2, -0.15) is 0 Å². The second kappa shape index (κ2) is 7.70. The molecule has 0 aromatic rings. The van der Waals surface area contributed by atoms with Crippen LogP contribution in [0.4, 0.5) is 0 Å². The number of allylic oxidation sites excluding steroid dienone is 2. The SMILES string of the molecule is CCC(C)CC(C1=CC=C(S(=O)O)C(O)C1)C(C)(C)CC. The minimum Gasteiger partial charge on any atom is -0.387 e. The molecule has 0 aliphatic heterocycles. The van der Waals surface area contributed by atoms with E-state index in [0.29, 0.717) is 18.3 Å². The maximum atomic E-state index is 11.2. The summed E-state index contributed by atoms with van der Waals surface area (Å²) in [5.74, 6) is 1.04. The highest BCUT2D eigenvalue weighted by atomic mass is 32.2. The number of hydrogen-bond donors (Lipinski definition) is 2. The van der Waals surface area contributed by atoms with E-state index in [-0.39, 0.29) is 10.3 Å². The lowest BCUT2D eigenvalue weighted by molar-refractivity contribution is 0.170. The van der Waals surface area contributed by atoms with Crippen LogP contribution >= 0.6 is 0 Å². The van der Waals surface area contributed by atoms with Crippen LogP contribution < -0.4 is 0 Å². The summed E-state index contributed by atoms with van der Waals surface area (Å²) in [7, 11) is 0. The lowest BCUT2D eigenvalue weighted by Gasteiger charge is -2.38. The number of hydrogen-bond acceptors (Lipinski definition) is 2. The van der Waals surface area contributed by atoms with E-state index in [0.717, 1.165) is 19.3 Å². The van der Waals surface area contributed by atoms with Gasteiger partial charge in [0.15, 0.2) is 11.1 Å². The minimum atomic E-state index is -2.08. The molecule has 0 aromatic carbocycles. The van der Waals surface area contributed by atoms with Crippen LogP contribution in [0, 0.1) is 17.3 Å². The third-order valence-corrected chi connectivity index (χ3v) is 5.87. The predicted octanol–water partition coefficient (Wildman–Crippen LogP) is 4.27. The third-order valence-electron chi connectivity index (χ3n) is 5.06. The van der Waals surface area contributed by atoms with Crippen molar-refractivity contribution in [1.29, 1.82) is 0 Å². The summed E-state index contributed by atoms with van der Waals surface area (Å²) in [5, 5.41) is 10.1. The Balaban J connectivity index is 3.07. The van der Waals surface area contributed by atoms with Gasteiger partial charge in [0.05, 0.1) is 11.0 Å². The quantitative estimate of drug-likeness (QED) is 0.690. The largest absolute Gasteiger partial charge is 0.387 e. The summed E-state index contributed by atoms with van der Waals surface area (Å²) >= 11 is -2.08. The summed E-state index contributed by atoms with van der Waals surface area (Å²) in [6.07, 6.45) is 6.56. The van der Waals surface area contributed by atoms with Crippen LogP contribution in [0.3, 0.4) is 0 Å². The fourth-order valence-electron chi connectivity index (χ4n) is 2.91. The fraction of sp³-hybridized carbons (Fsp3) is 0.765. The van der Waals surface area contributed by atoms with Gasteiger partial charge in [0.25, 0.3) is 0 Å². The molecule has 0 spiro atoms. The van der Waals surface area contributed by atoms with Crippen molar-refractivity contribution >= 4 is 11.1 Å². The van der Waals surface area contributed by atoms with Gasteiger partial charge in [0, 0.05) is 0 Å². The van der Waals surface area contributed by atoms with E-state index in [2.05, 4.69) is 34.6 Å². The predicted molar refractivity (Wildman–Crippen MR) is 89.2 cm³/mol. The molecule has 1 aliphatic rings. The lowest BCUT2D eigenvalue weighted by atomic mass is 9.67. The van der Waals surface area contributed by atoms with E-state index in [9.17, 15) is 13.9 Å². The highest BCUT2D eigenvalue weighted by Gasteiger charge is 2.34. The molecule has 0 fully saturated rings. The van der Waals surface area contributed by atoms with Crippen molar-refractivity contribution < 1.29 is 13.9 Å². The van der Waals surface area contributed by atoms with Crippen molar-refractivity contribution in [3.05, 3.63) is 22.6 Å². The maximum absolute atomic E-state index is 11.2. The lowest BCUT2D eigenvalue weighted by Crippen LogP contribution is -2.30. The Morgan fingerprint density at radius 1 is 1.38 bits per heavy atom. The van der Waals surface area contributed by atoms with Crippen molar-refractivity contribution in [1.82, 2.24) is 0 Å². The first-order chi connectivity index (χ1) is 9.72. The van der Waals surface area contributed by atoms with Crippen LogP contribution in [0.1, 0.15) is 60.3 Å². The summed E-state index contributed by atoms with van der Waals surface area (Å²) in [4.78, 5) is 0.218. The third kappa shape index (κ3) is 4.76. The fourth-order valence-corrected chi connectivity index (χ4v) is 3.41. The van der Waals surface area contributed by atoms with E-state index in [1.54, 1.807) is 6.08 Å². The average Bonchev–Trinajstić information content (AvgIpc) is 2.43. The van der Waals surface area contributed by atoms with Crippen molar-refractivity contribution in [2.45, 2.75) is 66.4 Å². The highest BCUT2D eigenvalue weighted by molar-refractivity contribution is 7.83. The number of aliphatic hydroxyl groups excluding tert-OH is 1. The molecule has 21 heavy (non-hydrogen) atoms. The molecule has 1 rings (SSSR count). The molecule has 0 aromatic heterocycles. The Bertz CT molecular complexity index is 437. The zero-order chi connectivity index (χ0) is 16.2. The Hall–Kier alpha value is -0.450. The van der Waals surface area contributed by atoms with Crippen LogP contribution in [0.15, 0.2) is 22.6 Å². The molecule has 0 saturated heterocycles. The highest BCUT2D eigenvalue weighted by Crippen LogP contribution is 2.43. The van der Waals surface area contributed by atoms with Crippen molar-refractivity contribution in [2.24, 2.45) is 17.3 Å². The molecule has 2 N–H and O–H groups in total. The van der Waals surface area contributed by atoms with E-state index in [1.165, 1.54) is 5.57 Å². The van der Waals surface area contributed by atoms with Crippen LogP contribution in [0.25, 0.3) is 0 Å². The van der Waals surface area contributed by atoms with Gasteiger partial charge in [-0.25, -0.2) is 4.21 Å². The molecular weight excluding hydrogens is 284 g/mol. The zero-order valence-electron chi connectivity index (χ0n) is 13.9. The first kappa shape index (κ1) is 18.6. The van der Waals surface area contributed by atoms with Crippen molar-refractivity contribution in [2.75, 3.05) is 0 Å². The number of rotatable bonds is 7. The van der Waals surface area contributed by atoms with Gasteiger partial charge in [-0.05, 0) is 36.2 Å². The van der Waals surface area contributed by atoms with E-state index >= 15 is 0 Å². The maximum Gasteiger partial charge on any atom is 0.184 e. The van der Waals surface area contributed by atoms with Gasteiger partial charge in [0.2, 0.25) is 0 Å². The second-order valence-electron chi connectivity index (χ2n) is 6.92. The molecule has 0 saturated carbocycles. The van der Waals surface area contributed by atoms with Crippen molar-refractivity contribution in [3.63, 3.8) is 0 Å². The molecule has 0 heterocycles. The number of aliphatic hydroxyl groups is 1. The van der Waals surface area contributed by atoms with Gasteiger partial charge in [-0.1, -0.05) is 59.1 Å². The van der Waals surface area contributed by atoms with E-state index in [4.69, 9.17) is 0 Å². The van der Waals surface area contributed by atoms with Gasteiger partial charge in [-0.15, -0.1) is 0 Å². The Labute approximate surface area is 131 Å². The van der Waals surface area contributed by atoms with E-state index in [1.807, 2.05) is 6.08 Å². The monoisotopic (exact) mass is 314 g/mol. The smallest absolute Gasteiger partial charge is 0.184 e. The van der Waals surface area contributed by atoms with Gasteiger partial charge >= 0.3 is 0 Å². The van der Waals surface area contributed by atoms with Crippen molar-refractivity contribution in [3.8, 4) is 0 Å². The summed E-state index contributed by atoms with van der Waals surface area (Å²) in [6, 6.07) is 0. The van der Waals surface area contributed by atoms with Crippen LogP contribution in [0.5, 0.6) is 0 Å². The first-order valence-electron chi connectivity index (χ1n) is 7.92. The second-order valence-corrected chi connectivity index (χ2v) is 7.89. The summed E-state index contributed by atoms with van der Waals surface area (Å²) < 4.78 is 20.3.